The average molecular weight is 327 g/mol. The summed E-state index contributed by atoms with van der Waals surface area (Å²) in [5, 5.41) is 0.352. The maximum atomic E-state index is 11.7. The first-order valence-electron chi connectivity index (χ1n) is 5.14. The van der Waals surface area contributed by atoms with Gasteiger partial charge in [0.2, 0.25) is 0 Å². The molecule has 0 aliphatic rings. The number of nitrogens with two attached hydrogens (primary N) is 1. The zero-order chi connectivity index (χ0) is 13.3. The Balaban J connectivity index is 2.63. The predicted molar refractivity (Wildman–Crippen MR) is 75.7 cm³/mol. The van der Waals surface area contributed by atoms with Crippen molar-refractivity contribution in [1.29, 1.82) is 0 Å². The highest BCUT2D eigenvalue weighted by Crippen LogP contribution is 2.35. The standard InChI is InChI=1S/C12H11BrN2O2S/c1-6-3-4-7(13)5-8(6)10-9(11(16)17-2)15-12(14)18-10/h3-5H,1-2H3,(H2,14,15). The molecular formula is C12H11BrN2O2S. The number of nitrogen functional groups attached to an aromatic ring is 1. The SMILES string of the molecule is COC(=O)c1nc(N)sc1-c1cc(Br)ccc1C. The molecule has 0 unspecified atom stereocenters. The van der Waals surface area contributed by atoms with E-state index in [0.717, 1.165) is 20.5 Å². The lowest BCUT2D eigenvalue weighted by Crippen LogP contribution is -2.04. The number of rotatable bonds is 2. The minimum atomic E-state index is -0.475. The van der Waals surface area contributed by atoms with Gasteiger partial charge in [0.25, 0.3) is 0 Å². The molecular weight excluding hydrogens is 316 g/mol. The van der Waals surface area contributed by atoms with Gasteiger partial charge in [-0.2, -0.15) is 0 Å². The van der Waals surface area contributed by atoms with E-state index >= 15 is 0 Å². The number of esters is 1. The van der Waals surface area contributed by atoms with Crippen molar-refractivity contribution >= 4 is 38.4 Å². The number of methoxy groups -OCH3 is 1. The summed E-state index contributed by atoms with van der Waals surface area (Å²) in [4.78, 5) is 16.4. The lowest BCUT2D eigenvalue weighted by molar-refractivity contribution is 0.0596. The van der Waals surface area contributed by atoms with E-state index in [1.54, 1.807) is 0 Å². The second-order valence-corrected chi connectivity index (χ2v) is 5.63. The number of halogens is 1. The van der Waals surface area contributed by atoms with Crippen molar-refractivity contribution in [2.24, 2.45) is 0 Å². The molecule has 0 aliphatic carbocycles. The second-order valence-electron chi connectivity index (χ2n) is 3.68. The summed E-state index contributed by atoms with van der Waals surface area (Å²) < 4.78 is 5.66. The lowest BCUT2D eigenvalue weighted by Gasteiger charge is -2.05. The molecule has 2 N–H and O–H groups in total. The molecule has 0 fully saturated rings. The predicted octanol–water partition coefficient (Wildman–Crippen LogP) is 3.25. The number of benzene rings is 1. The van der Waals surface area contributed by atoms with Crippen molar-refractivity contribution in [3.8, 4) is 10.4 Å². The van der Waals surface area contributed by atoms with Gasteiger partial charge >= 0.3 is 5.97 Å². The van der Waals surface area contributed by atoms with Crippen LogP contribution in [0.4, 0.5) is 5.13 Å². The summed E-state index contributed by atoms with van der Waals surface area (Å²) in [5.41, 5.74) is 7.93. The summed E-state index contributed by atoms with van der Waals surface area (Å²) in [6, 6.07) is 5.85. The quantitative estimate of drug-likeness (QED) is 0.860. The van der Waals surface area contributed by atoms with Crippen LogP contribution in [0, 0.1) is 6.92 Å². The smallest absolute Gasteiger partial charge is 0.358 e. The number of nitrogens with zero attached hydrogens (tertiary/aromatic N) is 1. The van der Waals surface area contributed by atoms with Gasteiger partial charge < -0.3 is 10.5 Å². The number of anilines is 1. The molecule has 2 aromatic rings. The maximum Gasteiger partial charge on any atom is 0.358 e. The molecule has 1 aromatic heterocycles. The molecule has 18 heavy (non-hydrogen) atoms. The molecule has 2 rings (SSSR count). The Hall–Kier alpha value is -1.40. The van der Waals surface area contributed by atoms with Crippen molar-refractivity contribution in [2.75, 3.05) is 12.8 Å². The van der Waals surface area contributed by atoms with Gasteiger partial charge in [-0.25, -0.2) is 9.78 Å². The van der Waals surface area contributed by atoms with Crippen LogP contribution in [0.5, 0.6) is 0 Å². The van der Waals surface area contributed by atoms with Crippen LogP contribution in [0.15, 0.2) is 22.7 Å². The number of carbonyl (C=O) groups excluding carboxylic acids is 1. The van der Waals surface area contributed by atoms with Crippen LogP contribution in [0.2, 0.25) is 0 Å². The van der Waals surface area contributed by atoms with Crippen molar-refractivity contribution in [2.45, 2.75) is 6.92 Å². The van der Waals surface area contributed by atoms with Gasteiger partial charge in [0.15, 0.2) is 10.8 Å². The van der Waals surface area contributed by atoms with E-state index in [1.807, 2.05) is 25.1 Å². The summed E-state index contributed by atoms with van der Waals surface area (Å²) in [5.74, 6) is -0.475. The molecule has 0 spiro atoms. The number of carbonyl (C=O) groups is 1. The lowest BCUT2D eigenvalue weighted by atomic mass is 10.1. The second kappa shape index (κ2) is 5.07. The van der Waals surface area contributed by atoms with Crippen LogP contribution >= 0.6 is 27.3 Å². The zero-order valence-corrected chi connectivity index (χ0v) is 12.3. The Morgan fingerprint density at radius 3 is 2.89 bits per heavy atom. The van der Waals surface area contributed by atoms with E-state index < -0.39 is 5.97 Å². The summed E-state index contributed by atoms with van der Waals surface area (Å²) in [7, 11) is 1.33. The molecule has 0 aliphatic heterocycles. The van der Waals surface area contributed by atoms with Crippen molar-refractivity contribution in [3.63, 3.8) is 0 Å². The highest BCUT2D eigenvalue weighted by molar-refractivity contribution is 9.10. The number of thiazole rings is 1. The van der Waals surface area contributed by atoms with Gasteiger partial charge in [0.05, 0.1) is 12.0 Å². The monoisotopic (exact) mass is 326 g/mol. The molecule has 4 nitrogen and oxygen atoms in total. The Bertz CT molecular complexity index is 610. The number of ether oxygens (including phenoxy) is 1. The third-order valence-electron chi connectivity index (χ3n) is 2.47. The third kappa shape index (κ3) is 2.39. The molecule has 1 aromatic carbocycles. The van der Waals surface area contributed by atoms with Gasteiger partial charge in [-0.15, -0.1) is 0 Å². The zero-order valence-electron chi connectivity index (χ0n) is 9.86. The van der Waals surface area contributed by atoms with Crippen LogP contribution in [0.3, 0.4) is 0 Å². The third-order valence-corrected chi connectivity index (χ3v) is 3.88. The fourth-order valence-electron chi connectivity index (χ4n) is 1.59. The molecule has 94 valence electrons. The van der Waals surface area contributed by atoms with Crippen LogP contribution in [-0.2, 0) is 4.74 Å². The Morgan fingerprint density at radius 2 is 2.22 bits per heavy atom. The molecule has 0 saturated carbocycles. The fourth-order valence-corrected chi connectivity index (χ4v) is 2.86. The highest BCUT2D eigenvalue weighted by atomic mass is 79.9. The first-order valence-corrected chi connectivity index (χ1v) is 6.75. The summed E-state index contributed by atoms with van der Waals surface area (Å²) in [6.45, 7) is 1.97. The normalized spacial score (nSPS) is 10.4. The molecule has 6 heteroatoms. The Labute approximate surface area is 117 Å². The number of hydrogen-bond donors (Lipinski definition) is 1. The summed E-state index contributed by atoms with van der Waals surface area (Å²) >= 11 is 4.69. The first-order chi connectivity index (χ1) is 8.52. The topological polar surface area (TPSA) is 65.2 Å². The van der Waals surface area contributed by atoms with Crippen LogP contribution in [0.25, 0.3) is 10.4 Å². The van der Waals surface area contributed by atoms with Crippen LogP contribution < -0.4 is 5.73 Å². The van der Waals surface area contributed by atoms with Crippen LogP contribution in [-0.4, -0.2) is 18.1 Å². The van der Waals surface area contributed by atoms with Gasteiger partial charge in [-0.3, -0.25) is 0 Å². The van der Waals surface area contributed by atoms with Gasteiger partial charge in [-0.1, -0.05) is 33.3 Å². The van der Waals surface area contributed by atoms with Gasteiger partial charge in [-0.05, 0) is 30.2 Å². The van der Waals surface area contributed by atoms with E-state index in [2.05, 4.69) is 20.9 Å². The molecule has 0 saturated heterocycles. The highest BCUT2D eigenvalue weighted by Gasteiger charge is 2.20. The molecule has 0 bridgehead atoms. The number of hydrogen-bond acceptors (Lipinski definition) is 5. The van der Waals surface area contributed by atoms with Crippen molar-refractivity contribution < 1.29 is 9.53 Å². The molecule has 0 amide bonds. The van der Waals surface area contributed by atoms with E-state index in [1.165, 1.54) is 18.4 Å². The molecule has 0 atom stereocenters. The number of aryl methyl sites for hydroxylation is 1. The van der Waals surface area contributed by atoms with E-state index in [-0.39, 0.29) is 5.69 Å². The molecule has 0 radical (unpaired) electrons. The van der Waals surface area contributed by atoms with Gasteiger partial charge in [0.1, 0.15) is 0 Å². The maximum absolute atomic E-state index is 11.7. The van der Waals surface area contributed by atoms with Crippen molar-refractivity contribution in [1.82, 2.24) is 4.98 Å². The Morgan fingerprint density at radius 1 is 1.50 bits per heavy atom. The van der Waals surface area contributed by atoms with Gasteiger partial charge in [0, 0.05) is 4.47 Å². The Kier molecular flexibility index (Phi) is 3.68. The van der Waals surface area contributed by atoms with Crippen molar-refractivity contribution in [3.05, 3.63) is 33.9 Å². The van der Waals surface area contributed by atoms with E-state index in [9.17, 15) is 4.79 Å². The number of aromatic nitrogens is 1. The summed E-state index contributed by atoms with van der Waals surface area (Å²) in [6.07, 6.45) is 0. The minimum Gasteiger partial charge on any atom is -0.464 e. The van der Waals surface area contributed by atoms with Crippen LogP contribution in [0.1, 0.15) is 16.1 Å². The minimum absolute atomic E-state index is 0.265. The first kappa shape index (κ1) is 13.0. The largest absolute Gasteiger partial charge is 0.464 e. The average Bonchev–Trinajstić information content (AvgIpc) is 2.73. The fraction of sp³-hybridized carbons (Fsp3) is 0.167. The van der Waals surface area contributed by atoms with E-state index in [4.69, 9.17) is 10.5 Å². The van der Waals surface area contributed by atoms with E-state index in [0.29, 0.717) is 5.13 Å². The molecule has 1 heterocycles.